The van der Waals surface area contributed by atoms with E-state index in [4.69, 9.17) is 0 Å². The topological polar surface area (TPSA) is 40.5 Å². The number of rotatable bonds is 6. The number of aliphatic hydroxyl groups excluding tert-OH is 1. The zero-order valence-corrected chi connectivity index (χ0v) is 20.4. The standard InChI is InChI=1S/C28H48O2/c1-6-28(30,7-2)17-12-19(3)23-10-11-24-22-9-8-20-18-21(29)13-15-26(20,4)25(22)14-16-27(23,24)5/h8,19,21-25,29-30H,6-7,9-18H2,1-5H3/t19-,21+,22+,23-,24+,25+,26+,27-/m1/s1. The van der Waals surface area contributed by atoms with Crippen LogP contribution in [0.5, 0.6) is 0 Å². The number of aliphatic hydroxyl groups is 2. The van der Waals surface area contributed by atoms with Gasteiger partial charge in [-0.15, -0.1) is 0 Å². The zero-order valence-electron chi connectivity index (χ0n) is 20.4. The van der Waals surface area contributed by atoms with Crippen LogP contribution in [0.15, 0.2) is 11.6 Å². The van der Waals surface area contributed by atoms with E-state index in [9.17, 15) is 10.2 Å². The summed E-state index contributed by atoms with van der Waals surface area (Å²) in [6.07, 6.45) is 16.3. The van der Waals surface area contributed by atoms with Crippen LogP contribution in [0.4, 0.5) is 0 Å². The third-order valence-electron chi connectivity index (χ3n) is 11.2. The van der Waals surface area contributed by atoms with E-state index in [0.29, 0.717) is 10.8 Å². The van der Waals surface area contributed by atoms with Gasteiger partial charge in [-0.05, 0) is 117 Å². The van der Waals surface area contributed by atoms with Crippen molar-refractivity contribution in [3.8, 4) is 0 Å². The lowest BCUT2D eigenvalue weighted by atomic mass is 9.47. The Bertz CT molecular complexity index is 649. The van der Waals surface area contributed by atoms with Crippen molar-refractivity contribution >= 4 is 0 Å². The van der Waals surface area contributed by atoms with Gasteiger partial charge in [0.2, 0.25) is 0 Å². The molecule has 172 valence electrons. The van der Waals surface area contributed by atoms with Crippen molar-refractivity contribution in [3.63, 3.8) is 0 Å². The highest BCUT2D eigenvalue weighted by Gasteiger charge is 2.59. The predicted octanol–water partition coefficient (Wildman–Crippen LogP) is 6.89. The molecule has 4 aliphatic carbocycles. The average molecular weight is 417 g/mol. The number of allylic oxidation sites excluding steroid dienone is 1. The molecule has 0 amide bonds. The molecule has 2 N–H and O–H groups in total. The maximum absolute atomic E-state index is 10.8. The highest BCUT2D eigenvalue weighted by Crippen LogP contribution is 2.67. The van der Waals surface area contributed by atoms with E-state index in [0.717, 1.165) is 61.7 Å². The molecule has 0 bridgehead atoms. The maximum Gasteiger partial charge on any atom is 0.0642 e. The smallest absolute Gasteiger partial charge is 0.0642 e. The van der Waals surface area contributed by atoms with Crippen LogP contribution in [0, 0.1) is 40.4 Å². The van der Waals surface area contributed by atoms with Crippen LogP contribution in [0.1, 0.15) is 112 Å². The van der Waals surface area contributed by atoms with Gasteiger partial charge in [0, 0.05) is 0 Å². The summed E-state index contributed by atoms with van der Waals surface area (Å²) in [6.45, 7) is 11.9. The molecule has 0 aromatic rings. The van der Waals surface area contributed by atoms with E-state index >= 15 is 0 Å². The maximum atomic E-state index is 10.8. The Balaban J connectivity index is 1.49. The first-order valence-corrected chi connectivity index (χ1v) is 13.3. The fourth-order valence-electron chi connectivity index (χ4n) is 8.92. The van der Waals surface area contributed by atoms with Crippen molar-refractivity contribution < 1.29 is 10.2 Å². The van der Waals surface area contributed by atoms with Crippen LogP contribution >= 0.6 is 0 Å². The molecule has 3 fully saturated rings. The van der Waals surface area contributed by atoms with E-state index in [-0.39, 0.29) is 6.10 Å². The molecular formula is C28H48O2. The summed E-state index contributed by atoms with van der Waals surface area (Å²) >= 11 is 0. The van der Waals surface area contributed by atoms with Crippen LogP contribution in [0.3, 0.4) is 0 Å². The van der Waals surface area contributed by atoms with Crippen molar-refractivity contribution in [3.05, 3.63) is 11.6 Å². The van der Waals surface area contributed by atoms with Crippen molar-refractivity contribution in [2.75, 3.05) is 0 Å². The van der Waals surface area contributed by atoms with Crippen LogP contribution in [0.25, 0.3) is 0 Å². The van der Waals surface area contributed by atoms with Crippen molar-refractivity contribution in [1.29, 1.82) is 0 Å². The number of fused-ring (bicyclic) bond motifs is 5. The summed E-state index contributed by atoms with van der Waals surface area (Å²) in [5.74, 6) is 4.11. The second-order valence-electron chi connectivity index (χ2n) is 12.3. The van der Waals surface area contributed by atoms with Gasteiger partial charge >= 0.3 is 0 Å². The predicted molar refractivity (Wildman–Crippen MR) is 125 cm³/mol. The molecule has 30 heavy (non-hydrogen) atoms. The Morgan fingerprint density at radius 1 is 1.07 bits per heavy atom. The SMILES string of the molecule is CCC(O)(CC)CC[C@@H](C)[C@H]1CC[C@H]2[C@@H]3CC=C4C[C@@H](O)CC[C@]4(C)[C@H]3CC[C@]12C. The molecule has 0 radical (unpaired) electrons. The normalized spacial score (nSPS) is 44.6. The third-order valence-corrected chi connectivity index (χ3v) is 11.2. The zero-order chi connectivity index (χ0) is 21.7. The van der Waals surface area contributed by atoms with Crippen LogP contribution in [-0.2, 0) is 0 Å². The lowest BCUT2D eigenvalue weighted by Crippen LogP contribution is -2.50. The molecule has 2 nitrogen and oxygen atoms in total. The Hall–Kier alpha value is -0.340. The first-order chi connectivity index (χ1) is 14.2. The Kier molecular flexibility index (Phi) is 6.26. The van der Waals surface area contributed by atoms with Crippen LogP contribution in [0.2, 0.25) is 0 Å². The molecule has 4 rings (SSSR count). The molecule has 0 saturated heterocycles. The summed E-state index contributed by atoms with van der Waals surface area (Å²) in [4.78, 5) is 0. The van der Waals surface area contributed by atoms with Gasteiger partial charge in [-0.1, -0.05) is 46.3 Å². The van der Waals surface area contributed by atoms with E-state index in [1.165, 1.54) is 44.9 Å². The minimum absolute atomic E-state index is 0.101. The summed E-state index contributed by atoms with van der Waals surface area (Å²) in [5.41, 5.74) is 1.99. The molecule has 0 aromatic carbocycles. The van der Waals surface area contributed by atoms with E-state index in [1.54, 1.807) is 5.57 Å². The molecule has 0 aliphatic heterocycles. The highest BCUT2D eigenvalue weighted by molar-refractivity contribution is 5.25. The summed E-state index contributed by atoms with van der Waals surface area (Å²) in [7, 11) is 0. The van der Waals surface area contributed by atoms with Crippen LogP contribution < -0.4 is 0 Å². The molecular weight excluding hydrogens is 368 g/mol. The minimum Gasteiger partial charge on any atom is -0.393 e. The Labute approximate surface area is 185 Å². The van der Waals surface area contributed by atoms with Gasteiger partial charge in [0.05, 0.1) is 11.7 Å². The summed E-state index contributed by atoms with van der Waals surface area (Å²) < 4.78 is 0. The van der Waals surface area contributed by atoms with Crippen LogP contribution in [-0.4, -0.2) is 21.9 Å². The monoisotopic (exact) mass is 416 g/mol. The lowest BCUT2D eigenvalue weighted by molar-refractivity contribution is -0.0594. The van der Waals surface area contributed by atoms with E-state index in [1.807, 2.05) is 0 Å². The molecule has 0 spiro atoms. The largest absolute Gasteiger partial charge is 0.393 e. The third kappa shape index (κ3) is 3.62. The van der Waals surface area contributed by atoms with Crippen molar-refractivity contribution in [1.82, 2.24) is 0 Å². The molecule has 3 saturated carbocycles. The van der Waals surface area contributed by atoms with Crippen molar-refractivity contribution in [2.45, 2.75) is 123 Å². The first kappa shape index (κ1) is 22.8. The van der Waals surface area contributed by atoms with Gasteiger partial charge < -0.3 is 10.2 Å². The molecule has 0 aromatic heterocycles. The van der Waals surface area contributed by atoms with Gasteiger partial charge in [-0.3, -0.25) is 0 Å². The molecule has 0 unspecified atom stereocenters. The lowest BCUT2D eigenvalue weighted by Gasteiger charge is -2.58. The number of hydrogen-bond donors (Lipinski definition) is 2. The van der Waals surface area contributed by atoms with Gasteiger partial charge in [0.15, 0.2) is 0 Å². The quantitative estimate of drug-likeness (QED) is 0.463. The van der Waals surface area contributed by atoms with Gasteiger partial charge in [-0.25, -0.2) is 0 Å². The van der Waals surface area contributed by atoms with Crippen molar-refractivity contribution in [2.24, 2.45) is 40.4 Å². The Morgan fingerprint density at radius 2 is 1.80 bits per heavy atom. The second-order valence-corrected chi connectivity index (χ2v) is 12.3. The molecule has 0 heterocycles. The fourth-order valence-corrected chi connectivity index (χ4v) is 8.92. The van der Waals surface area contributed by atoms with Gasteiger partial charge in [-0.2, -0.15) is 0 Å². The summed E-state index contributed by atoms with van der Waals surface area (Å²) in [5, 5.41) is 21.0. The molecule has 8 atom stereocenters. The summed E-state index contributed by atoms with van der Waals surface area (Å²) in [6, 6.07) is 0. The van der Waals surface area contributed by atoms with E-state index < -0.39 is 5.60 Å². The first-order valence-electron chi connectivity index (χ1n) is 13.3. The Morgan fingerprint density at radius 3 is 2.50 bits per heavy atom. The highest BCUT2D eigenvalue weighted by atomic mass is 16.3. The fraction of sp³-hybridized carbons (Fsp3) is 0.929. The minimum atomic E-state index is -0.449. The molecule has 4 aliphatic rings. The molecule has 2 heteroatoms. The average Bonchev–Trinajstić information content (AvgIpc) is 3.09. The number of hydrogen-bond acceptors (Lipinski definition) is 2. The van der Waals surface area contributed by atoms with Gasteiger partial charge in [0.25, 0.3) is 0 Å². The van der Waals surface area contributed by atoms with Gasteiger partial charge in [0.1, 0.15) is 0 Å². The van der Waals surface area contributed by atoms with E-state index in [2.05, 4.69) is 40.7 Å². The second kappa shape index (κ2) is 8.22.